The quantitative estimate of drug-likeness (QED) is 0.429. The second kappa shape index (κ2) is 8.46. The van der Waals surface area contributed by atoms with Crippen LogP contribution in [0, 0.1) is 0 Å². The molecule has 1 saturated heterocycles. The summed E-state index contributed by atoms with van der Waals surface area (Å²) in [5.74, 6) is 0.263. The van der Waals surface area contributed by atoms with Crippen LogP contribution in [-0.2, 0) is 25.1 Å². The molecular formula is C22H21F3O4S2. The van der Waals surface area contributed by atoms with Gasteiger partial charge in [0, 0.05) is 16.4 Å². The Hall–Kier alpha value is -2.07. The predicted molar refractivity (Wildman–Crippen MR) is 115 cm³/mol. The third-order valence-corrected chi connectivity index (χ3v) is 10.5. The van der Waals surface area contributed by atoms with Gasteiger partial charge in [-0.05, 0) is 28.8 Å². The first kappa shape index (κ1) is 22.1. The number of hydrogen-bond acceptors (Lipinski definition) is 4. The van der Waals surface area contributed by atoms with Crippen LogP contribution in [0.3, 0.4) is 0 Å². The fourth-order valence-electron chi connectivity index (χ4n) is 3.74. The Morgan fingerprint density at radius 3 is 2.35 bits per heavy atom. The minimum atomic E-state index is -5.77. The molecule has 0 bridgehead atoms. The Kier molecular flexibility index (Phi) is 6.04. The molecule has 0 amide bonds. The Balaban J connectivity index is 1.69. The summed E-state index contributed by atoms with van der Waals surface area (Å²) in [6.45, 7) is 0.294. The highest BCUT2D eigenvalue weighted by atomic mass is 32.3. The number of fused-ring (bicyclic) bond motifs is 1. The van der Waals surface area contributed by atoms with Gasteiger partial charge in [-0.1, -0.05) is 77.0 Å². The Morgan fingerprint density at radius 2 is 1.61 bits per heavy atom. The zero-order valence-corrected chi connectivity index (χ0v) is 18.1. The van der Waals surface area contributed by atoms with E-state index in [-0.39, 0.29) is 11.5 Å². The van der Waals surface area contributed by atoms with Crippen molar-refractivity contribution in [1.29, 1.82) is 0 Å². The molecule has 9 heteroatoms. The topological polar surface area (TPSA) is 52.6 Å². The van der Waals surface area contributed by atoms with Crippen molar-refractivity contribution in [2.45, 2.75) is 29.5 Å². The number of benzene rings is 3. The molecule has 0 aromatic heterocycles. The highest BCUT2D eigenvalue weighted by molar-refractivity contribution is 8.33. The molecule has 31 heavy (non-hydrogen) atoms. The first-order chi connectivity index (χ1) is 14.7. The molecule has 3 aromatic carbocycles. The lowest BCUT2D eigenvalue weighted by atomic mass is 10.1. The van der Waals surface area contributed by atoms with Gasteiger partial charge in [-0.3, -0.25) is 0 Å². The normalized spacial score (nSPS) is 24.2. The maximum Gasteiger partial charge on any atom is 0.523 e. The molecule has 0 aliphatic carbocycles. The van der Waals surface area contributed by atoms with Gasteiger partial charge in [-0.15, -0.1) is 0 Å². The third kappa shape index (κ3) is 4.59. The number of hydrogen-bond donors (Lipinski definition) is 0. The van der Waals surface area contributed by atoms with Crippen molar-refractivity contribution in [2.24, 2.45) is 0 Å². The minimum absolute atomic E-state index is 0.0865. The molecular weight excluding hydrogens is 449 g/mol. The number of halogens is 3. The van der Waals surface area contributed by atoms with E-state index in [1.165, 1.54) is 0 Å². The SMILES string of the molecule is O=S(=O)(OS1(c2cccc3ccccc23)CCC(OCc2ccccc2)C1)C(F)(F)F. The van der Waals surface area contributed by atoms with E-state index in [0.29, 0.717) is 23.3 Å². The van der Waals surface area contributed by atoms with E-state index in [9.17, 15) is 21.6 Å². The highest BCUT2D eigenvalue weighted by Gasteiger charge is 2.53. The van der Waals surface area contributed by atoms with E-state index in [2.05, 4.69) is 0 Å². The zero-order chi connectivity index (χ0) is 22.1. The molecule has 1 aliphatic rings. The van der Waals surface area contributed by atoms with Crippen LogP contribution in [0.15, 0.2) is 77.7 Å². The monoisotopic (exact) mass is 470 g/mol. The smallest absolute Gasteiger partial charge is 0.373 e. The average Bonchev–Trinajstić information content (AvgIpc) is 3.15. The van der Waals surface area contributed by atoms with Gasteiger partial charge in [0.1, 0.15) is 0 Å². The summed E-state index contributed by atoms with van der Waals surface area (Å²) < 4.78 is 74.8. The van der Waals surface area contributed by atoms with Gasteiger partial charge in [0.25, 0.3) is 0 Å². The van der Waals surface area contributed by atoms with E-state index >= 15 is 0 Å². The fourth-order valence-corrected chi connectivity index (χ4v) is 9.19. The second-order valence-electron chi connectivity index (χ2n) is 7.34. The van der Waals surface area contributed by atoms with Crippen molar-refractivity contribution in [3.8, 4) is 0 Å². The molecule has 2 atom stereocenters. The fraction of sp³-hybridized carbons (Fsp3) is 0.273. The number of alkyl halides is 3. The van der Waals surface area contributed by atoms with Crippen molar-refractivity contribution in [2.75, 3.05) is 11.5 Å². The molecule has 1 heterocycles. The molecule has 4 rings (SSSR count). The maximum absolute atomic E-state index is 13.2. The molecule has 0 spiro atoms. The molecule has 0 saturated carbocycles. The van der Waals surface area contributed by atoms with Crippen LogP contribution in [0.2, 0.25) is 0 Å². The van der Waals surface area contributed by atoms with Crippen LogP contribution >= 0.6 is 10.3 Å². The largest absolute Gasteiger partial charge is 0.523 e. The molecule has 3 aromatic rings. The van der Waals surface area contributed by atoms with E-state index in [1.807, 2.05) is 48.5 Å². The summed E-state index contributed by atoms with van der Waals surface area (Å²) >= 11 is 0. The summed E-state index contributed by atoms with van der Waals surface area (Å²) in [6, 6.07) is 21.8. The van der Waals surface area contributed by atoms with Crippen molar-refractivity contribution >= 4 is 31.2 Å². The van der Waals surface area contributed by atoms with Crippen LogP contribution in [0.5, 0.6) is 0 Å². The first-order valence-electron chi connectivity index (χ1n) is 9.65. The average molecular weight is 471 g/mol. The van der Waals surface area contributed by atoms with Gasteiger partial charge in [-0.2, -0.15) is 21.6 Å². The third-order valence-electron chi connectivity index (χ3n) is 5.21. The zero-order valence-electron chi connectivity index (χ0n) is 16.4. The predicted octanol–water partition coefficient (Wildman–Crippen LogP) is 5.77. The van der Waals surface area contributed by atoms with Crippen LogP contribution in [0.1, 0.15) is 12.0 Å². The number of rotatable bonds is 6. The molecule has 4 nitrogen and oxygen atoms in total. The summed E-state index contributed by atoms with van der Waals surface area (Å²) in [4.78, 5) is 0.504. The Morgan fingerprint density at radius 1 is 0.935 bits per heavy atom. The Labute approximate surface area is 180 Å². The van der Waals surface area contributed by atoms with Crippen molar-refractivity contribution < 1.29 is 30.0 Å². The number of ether oxygens (including phenoxy) is 1. The van der Waals surface area contributed by atoms with Crippen molar-refractivity contribution in [3.05, 3.63) is 78.4 Å². The van der Waals surface area contributed by atoms with Gasteiger partial charge < -0.3 is 4.74 Å². The van der Waals surface area contributed by atoms with Gasteiger partial charge in [-0.25, -0.2) is 3.63 Å². The summed E-state index contributed by atoms with van der Waals surface area (Å²) in [6.07, 6.45) is 0.0104. The van der Waals surface area contributed by atoms with Gasteiger partial charge >= 0.3 is 15.6 Å². The Bertz CT molecular complexity index is 1160. The van der Waals surface area contributed by atoms with Crippen molar-refractivity contribution in [1.82, 2.24) is 0 Å². The van der Waals surface area contributed by atoms with E-state index in [4.69, 9.17) is 8.37 Å². The van der Waals surface area contributed by atoms with E-state index < -0.39 is 32.0 Å². The molecule has 166 valence electrons. The molecule has 0 radical (unpaired) electrons. The molecule has 0 N–H and O–H groups in total. The lowest BCUT2D eigenvalue weighted by Gasteiger charge is -2.35. The minimum Gasteiger partial charge on any atom is -0.373 e. The van der Waals surface area contributed by atoms with Crippen LogP contribution < -0.4 is 0 Å². The van der Waals surface area contributed by atoms with Gasteiger partial charge in [0.2, 0.25) is 0 Å². The second-order valence-corrected chi connectivity index (χ2v) is 12.1. The van der Waals surface area contributed by atoms with E-state index in [0.717, 1.165) is 10.9 Å². The maximum atomic E-state index is 13.2. The summed E-state index contributed by atoms with van der Waals surface area (Å²) in [5, 5.41) is 1.51. The highest BCUT2D eigenvalue weighted by Crippen LogP contribution is 2.65. The van der Waals surface area contributed by atoms with E-state index in [1.54, 1.807) is 24.3 Å². The van der Waals surface area contributed by atoms with Crippen molar-refractivity contribution in [3.63, 3.8) is 0 Å². The summed E-state index contributed by atoms with van der Waals surface area (Å²) in [5.41, 5.74) is -4.55. The van der Waals surface area contributed by atoms with Crippen LogP contribution in [0.4, 0.5) is 13.2 Å². The van der Waals surface area contributed by atoms with Gasteiger partial charge in [0.05, 0.1) is 12.7 Å². The molecule has 1 fully saturated rings. The first-order valence-corrected chi connectivity index (χ1v) is 13.0. The van der Waals surface area contributed by atoms with Gasteiger partial charge in [0.15, 0.2) is 0 Å². The van der Waals surface area contributed by atoms with Crippen LogP contribution in [-0.4, -0.2) is 31.5 Å². The lowest BCUT2D eigenvalue weighted by Crippen LogP contribution is -2.28. The standard InChI is InChI=1S/C22H21F3O4S2/c23-22(24,25)31(26,27)29-30(21-12-6-10-18-9-4-5-11-20(18)21)14-13-19(16-30)28-15-17-7-2-1-3-8-17/h1-12,19H,13-16H2. The van der Waals surface area contributed by atoms with Crippen LogP contribution in [0.25, 0.3) is 10.8 Å². The molecule has 2 unspecified atom stereocenters. The molecule has 1 aliphatic heterocycles. The lowest BCUT2D eigenvalue weighted by molar-refractivity contribution is -0.0496. The summed E-state index contributed by atoms with van der Waals surface area (Å²) in [7, 11) is -8.56.